The van der Waals surface area contributed by atoms with Crippen LogP contribution in [0.3, 0.4) is 0 Å². The lowest BCUT2D eigenvalue weighted by atomic mass is 10.1. The van der Waals surface area contributed by atoms with Crippen molar-refractivity contribution in [3.8, 4) is 28.6 Å². The molecule has 8 nitrogen and oxygen atoms in total. The molecule has 4 rings (SSSR count). The molecule has 2 unspecified atom stereocenters. The van der Waals surface area contributed by atoms with Gasteiger partial charge in [0, 0.05) is 18.5 Å². The summed E-state index contributed by atoms with van der Waals surface area (Å²) in [7, 11) is 3.20. The molecule has 8 heteroatoms. The van der Waals surface area contributed by atoms with Crippen molar-refractivity contribution >= 4 is 5.91 Å². The molecule has 0 spiro atoms. The van der Waals surface area contributed by atoms with Crippen LogP contribution < -0.4 is 14.2 Å². The fourth-order valence-electron chi connectivity index (χ4n) is 4.04. The smallest absolute Gasteiger partial charge is 0.232 e. The summed E-state index contributed by atoms with van der Waals surface area (Å²) in [6.45, 7) is 6.48. The number of carbonyl (C=O) groups excluding carboxylic acids is 1. The van der Waals surface area contributed by atoms with Crippen molar-refractivity contribution in [1.29, 1.82) is 0 Å². The van der Waals surface area contributed by atoms with Crippen LogP contribution in [0.15, 0.2) is 47.0 Å². The molecule has 1 fully saturated rings. The van der Waals surface area contributed by atoms with Gasteiger partial charge in [-0.15, -0.1) is 0 Å². The number of ether oxygens (including phenoxy) is 3. The normalized spacial score (nSPS) is 16.8. The third kappa shape index (κ3) is 4.79. The number of amides is 1. The monoisotopic (exact) mass is 451 g/mol. The molecule has 0 bridgehead atoms. The van der Waals surface area contributed by atoms with Crippen molar-refractivity contribution in [1.82, 2.24) is 15.0 Å². The second-order valence-corrected chi connectivity index (χ2v) is 8.38. The molecule has 33 heavy (non-hydrogen) atoms. The zero-order chi connectivity index (χ0) is 23.5. The van der Waals surface area contributed by atoms with Gasteiger partial charge in [0.25, 0.3) is 0 Å². The molecule has 0 aliphatic carbocycles. The molecular formula is C25H29N3O5. The van der Waals surface area contributed by atoms with Crippen LogP contribution in [0.5, 0.6) is 17.2 Å². The number of hydrogen-bond acceptors (Lipinski definition) is 7. The minimum Gasteiger partial charge on any atom is -0.493 e. The Morgan fingerprint density at radius 3 is 2.42 bits per heavy atom. The number of rotatable bonds is 8. The van der Waals surface area contributed by atoms with E-state index >= 15 is 0 Å². The minimum absolute atomic E-state index is 0.0530. The first-order valence-corrected chi connectivity index (χ1v) is 11.0. The summed E-state index contributed by atoms with van der Waals surface area (Å²) in [5.41, 5.74) is 1.80. The predicted molar refractivity (Wildman–Crippen MR) is 123 cm³/mol. The van der Waals surface area contributed by atoms with E-state index in [-0.39, 0.29) is 24.0 Å². The molecule has 1 aliphatic heterocycles. The highest BCUT2D eigenvalue weighted by Gasteiger charge is 2.37. The molecular weight excluding hydrogens is 422 g/mol. The van der Waals surface area contributed by atoms with Crippen molar-refractivity contribution in [3.63, 3.8) is 0 Å². The van der Waals surface area contributed by atoms with Gasteiger partial charge in [-0.2, -0.15) is 4.98 Å². The predicted octanol–water partition coefficient (Wildman–Crippen LogP) is 4.62. The molecule has 0 saturated carbocycles. The summed E-state index contributed by atoms with van der Waals surface area (Å²) in [6.07, 6.45) is 0.442. The summed E-state index contributed by atoms with van der Waals surface area (Å²) >= 11 is 0. The van der Waals surface area contributed by atoms with Gasteiger partial charge in [-0.05, 0) is 62.7 Å². The van der Waals surface area contributed by atoms with Gasteiger partial charge in [0.1, 0.15) is 5.75 Å². The Hall–Kier alpha value is -3.55. The van der Waals surface area contributed by atoms with E-state index in [9.17, 15) is 4.79 Å². The van der Waals surface area contributed by atoms with Crippen LogP contribution in [-0.2, 0) is 4.79 Å². The van der Waals surface area contributed by atoms with Crippen LogP contribution in [0.25, 0.3) is 11.4 Å². The van der Waals surface area contributed by atoms with Gasteiger partial charge in [0.15, 0.2) is 11.5 Å². The second-order valence-electron chi connectivity index (χ2n) is 8.38. The van der Waals surface area contributed by atoms with Gasteiger partial charge in [-0.3, -0.25) is 4.79 Å². The van der Waals surface area contributed by atoms with Crippen molar-refractivity contribution in [2.24, 2.45) is 0 Å². The maximum atomic E-state index is 12.8. The summed E-state index contributed by atoms with van der Waals surface area (Å²) < 4.78 is 21.9. The maximum Gasteiger partial charge on any atom is 0.232 e. The highest BCUT2D eigenvalue weighted by molar-refractivity contribution is 5.80. The molecule has 1 amide bonds. The Morgan fingerprint density at radius 1 is 1.03 bits per heavy atom. The van der Waals surface area contributed by atoms with Crippen molar-refractivity contribution in [2.45, 2.75) is 45.3 Å². The molecule has 2 heterocycles. The lowest BCUT2D eigenvalue weighted by molar-refractivity contribution is -0.129. The molecule has 1 aliphatic rings. The van der Waals surface area contributed by atoms with Crippen LogP contribution in [0.1, 0.15) is 50.6 Å². The molecule has 3 aromatic rings. The fraction of sp³-hybridized carbons (Fsp3) is 0.400. The summed E-state index contributed by atoms with van der Waals surface area (Å²) in [5, 5.41) is 4.13. The Morgan fingerprint density at radius 2 is 1.76 bits per heavy atom. The topological polar surface area (TPSA) is 86.9 Å². The van der Waals surface area contributed by atoms with Gasteiger partial charge >= 0.3 is 0 Å². The average molecular weight is 452 g/mol. The molecule has 1 saturated heterocycles. The first-order chi connectivity index (χ1) is 15.9. The number of nitrogens with zero attached hydrogens (tertiary/aromatic N) is 3. The minimum atomic E-state index is -0.148. The summed E-state index contributed by atoms with van der Waals surface area (Å²) in [5.74, 6) is 2.96. The number of benzene rings is 2. The molecule has 2 atom stereocenters. The summed E-state index contributed by atoms with van der Waals surface area (Å²) in [6, 6.07) is 13.2. The molecule has 0 N–H and O–H groups in total. The Kier molecular flexibility index (Phi) is 6.53. The number of likely N-dealkylation sites (tertiary alicyclic amines) is 1. The number of carbonyl (C=O) groups is 1. The maximum absolute atomic E-state index is 12.8. The van der Waals surface area contributed by atoms with Crippen LogP contribution in [0.2, 0.25) is 0 Å². The quantitative estimate of drug-likeness (QED) is 0.494. The van der Waals surface area contributed by atoms with Gasteiger partial charge in [-0.1, -0.05) is 11.2 Å². The van der Waals surface area contributed by atoms with E-state index < -0.39 is 0 Å². The van der Waals surface area contributed by atoms with E-state index in [0.29, 0.717) is 36.2 Å². The standard InChI is InChI=1S/C25H29N3O5/c1-15(2)32-20-9-6-17(7-10-20)24-26-25(33-27-24)19-13-23(29)28(14-19)16(3)18-8-11-21(30-4)22(12-18)31-5/h6-12,15-16,19H,13-14H2,1-5H3. The first-order valence-electron chi connectivity index (χ1n) is 11.0. The van der Waals surface area contributed by atoms with Gasteiger partial charge < -0.3 is 23.6 Å². The molecule has 2 aromatic carbocycles. The SMILES string of the molecule is COc1ccc(C(C)N2CC(c3nc(-c4ccc(OC(C)C)cc4)no3)CC2=O)cc1OC. The van der Waals surface area contributed by atoms with E-state index in [4.69, 9.17) is 18.7 Å². The van der Waals surface area contributed by atoms with Gasteiger partial charge in [0.2, 0.25) is 17.6 Å². The number of aromatic nitrogens is 2. The fourth-order valence-corrected chi connectivity index (χ4v) is 4.04. The lowest BCUT2D eigenvalue weighted by Gasteiger charge is -2.25. The van der Waals surface area contributed by atoms with Crippen molar-refractivity contribution in [3.05, 3.63) is 53.9 Å². The van der Waals surface area contributed by atoms with Crippen LogP contribution in [0.4, 0.5) is 0 Å². The van der Waals surface area contributed by atoms with E-state index in [1.54, 1.807) is 14.2 Å². The highest BCUT2D eigenvalue weighted by Crippen LogP contribution is 2.37. The lowest BCUT2D eigenvalue weighted by Crippen LogP contribution is -2.28. The molecule has 174 valence electrons. The van der Waals surface area contributed by atoms with Gasteiger partial charge in [0.05, 0.1) is 32.3 Å². The number of hydrogen-bond donors (Lipinski definition) is 0. The van der Waals surface area contributed by atoms with Crippen LogP contribution in [-0.4, -0.2) is 47.8 Å². The first kappa shape index (κ1) is 22.6. The van der Waals surface area contributed by atoms with E-state index in [1.165, 1.54) is 0 Å². The van der Waals surface area contributed by atoms with E-state index in [1.807, 2.05) is 68.1 Å². The van der Waals surface area contributed by atoms with Crippen LogP contribution >= 0.6 is 0 Å². The average Bonchev–Trinajstić information content (AvgIpc) is 3.45. The number of methoxy groups -OCH3 is 2. The third-order valence-electron chi connectivity index (χ3n) is 5.79. The Labute approximate surface area is 193 Å². The molecule has 1 aromatic heterocycles. The molecule has 0 radical (unpaired) electrons. The third-order valence-corrected chi connectivity index (χ3v) is 5.79. The summed E-state index contributed by atoms with van der Waals surface area (Å²) in [4.78, 5) is 19.2. The highest BCUT2D eigenvalue weighted by atomic mass is 16.5. The second kappa shape index (κ2) is 9.52. The van der Waals surface area contributed by atoms with Crippen molar-refractivity contribution < 1.29 is 23.5 Å². The Bertz CT molecular complexity index is 1110. The van der Waals surface area contributed by atoms with E-state index in [0.717, 1.165) is 16.9 Å². The largest absolute Gasteiger partial charge is 0.493 e. The zero-order valence-electron chi connectivity index (χ0n) is 19.6. The van der Waals surface area contributed by atoms with Crippen LogP contribution in [0, 0.1) is 0 Å². The zero-order valence-corrected chi connectivity index (χ0v) is 19.6. The van der Waals surface area contributed by atoms with Gasteiger partial charge in [-0.25, -0.2) is 0 Å². The van der Waals surface area contributed by atoms with E-state index in [2.05, 4.69) is 10.1 Å². The Balaban J connectivity index is 1.47. The van der Waals surface area contributed by atoms with Crippen molar-refractivity contribution in [2.75, 3.05) is 20.8 Å².